The largest absolute Gasteiger partial charge is 0.383 e. The number of carbonyl (C=O) groups is 1. The second-order valence-electron chi connectivity index (χ2n) is 6.39. The van der Waals surface area contributed by atoms with Crippen LogP contribution in [0.3, 0.4) is 0 Å². The van der Waals surface area contributed by atoms with Crippen LogP contribution < -0.4 is 5.73 Å². The zero-order chi connectivity index (χ0) is 18.5. The van der Waals surface area contributed by atoms with Crippen molar-refractivity contribution in [1.82, 2.24) is 25.1 Å². The van der Waals surface area contributed by atoms with Gasteiger partial charge in [-0.05, 0) is 48.0 Å². The van der Waals surface area contributed by atoms with E-state index in [1.165, 1.54) is 0 Å². The van der Waals surface area contributed by atoms with Gasteiger partial charge in [0.25, 0.3) is 0 Å². The Balaban J connectivity index is 1.92. The van der Waals surface area contributed by atoms with E-state index in [9.17, 15) is 4.79 Å². The summed E-state index contributed by atoms with van der Waals surface area (Å²) < 4.78 is 6.91. The molecule has 1 saturated heterocycles. The quantitative estimate of drug-likeness (QED) is 0.778. The molecule has 26 heavy (non-hydrogen) atoms. The molecule has 140 valence electrons. The highest BCUT2D eigenvalue weighted by atomic mass is 35.5. The molecule has 1 aliphatic heterocycles. The van der Waals surface area contributed by atoms with Crippen LogP contribution in [-0.2, 0) is 16.1 Å². The molecule has 1 unspecified atom stereocenters. The number of hydrogen-bond donors (Lipinski definition) is 1. The van der Waals surface area contributed by atoms with E-state index in [-0.39, 0.29) is 17.9 Å². The van der Waals surface area contributed by atoms with Crippen molar-refractivity contribution < 1.29 is 9.53 Å². The first-order chi connectivity index (χ1) is 12.6. The minimum absolute atomic E-state index is 0.0809. The number of halogens is 1. The third-order valence-electron chi connectivity index (χ3n) is 4.81. The lowest BCUT2D eigenvalue weighted by Crippen LogP contribution is -2.41. The minimum atomic E-state index is -0.233. The van der Waals surface area contributed by atoms with Gasteiger partial charge in [-0.1, -0.05) is 29.8 Å². The average Bonchev–Trinajstić information content (AvgIpc) is 3.10. The van der Waals surface area contributed by atoms with Crippen LogP contribution in [0, 0.1) is 5.92 Å². The molecule has 0 radical (unpaired) electrons. The molecule has 1 fully saturated rings. The lowest BCUT2D eigenvalue weighted by molar-refractivity contribution is -0.123. The summed E-state index contributed by atoms with van der Waals surface area (Å²) in [6.45, 7) is 2.51. The van der Waals surface area contributed by atoms with Gasteiger partial charge in [-0.25, -0.2) is 4.68 Å². The van der Waals surface area contributed by atoms with Crippen LogP contribution in [0.5, 0.6) is 0 Å². The van der Waals surface area contributed by atoms with Crippen molar-refractivity contribution in [2.45, 2.75) is 25.4 Å². The van der Waals surface area contributed by atoms with E-state index in [1.807, 2.05) is 24.3 Å². The van der Waals surface area contributed by atoms with E-state index in [0.717, 1.165) is 31.5 Å². The van der Waals surface area contributed by atoms with E-state index in [1.54, 1.807) is 11.8 Å². The first-order valence-electron chi connectivity index (χ1n) is 8.64. The first-order valence-corrected chi connectivity index (χ1v) is 9.02. The number of methoxy groups -OCH3 is 1. The number of ether oxygens (including phenoxy) is 1. The summed E-state index contributed by atoms with van der Waals surface area (Å²) in [5, 5.41) is 12.9. The molecule has 1 aromatic heterocycles. The van der Waals surface area contributed by atoms with Crippen LogP contribution in [0.4, 0.5) is 0 Å². The molecule has 0 aliphatic carbocycles. The van der Waals surface area contributed by atoms with Gasteiger partial charge in [0.05, 0.1) is 19.2 Å². The molecular formula is C17H23ClN6O2. The highest BCUT2D eigenvalue weighted by Crippen LogP contribution is 2.34. The van der Waals surface area contributed by atoms with Crippen molar-refractivity contribution >= 4 is 17.5 Å². The molecule has 9 heteroatoms. The van der Waals surface area contributed by atoms with Crippen molar-refractivity contribution in [2.24, 2.45) is 11.7 Å². The summed E-state index contributed by atoms with van der Waals surface area (Å²) >= 11 is 6.49. The molecular weight excluding hydrogens is 356 g/mol. The van der Waals surface area contributed by atoms with Gasteiger partial charge in [-0.15, -0.1) is 5.10 Å². The summed E-state index contributed by atoms with van der Waals surface area (Å²) in [6.07, 6.45) is 1.44. The third kappa shape index (κ3) is 4.03. The summed E-state index contributed by atoms with van der Waals surface area (Å²) in [7, 11) is 1.64. The molecule has 2 N–H and O–H groups in total. The van der Waals surface area contributed by atoms with Gasteiger partial charge in [0.15, 0.2) is 5.82 Å². The summed E-state index contributed by atoms with van der Waals surface area (Å²) in [4.78, 5) is 13.7. The Labute approximate surface area is 157 Å². The normalized spacial score (nSPS) is 17.3. The molecule has 8 nitrogen and oxygen atoms in total. The Bertz CT molecular complexity index is 744. The molecule has 0 saturated carbocycles. The number of benzene rings is 1. The molecule has 0 spiro atoms. The Morgan fingerprint density at radius 2 is 2.12 bits per heavy atom. The number of hydrogen-bond acceptors (Lipinski definition) is 6. The zero-order valence-electron chi connectivity index (χ0n) is 14.7. The fraction of sp³-hybridized carbons (Fsp3) is 0.529. The lowest BCUT2D eigenvalue weighted by atomic mass is 9.93. The van der Waals surface area contributed by atoms with Crippen molar-refractivity contribution in [3.8, 4) is 0 Å². The van der Waals surface area contributed by atoms with Crippen LogP contribution in [0.1, 0.15) is 30.3 Å². The van der Waals surface area contributed by atoms with Gasteiger partial charge in [0.2, 0.25) is 5.91 Å². The van der Waals surface area contributed by atoms with E-state index in [4.69, 9.17) is 22.1 Å². The molecule has 0 bridgehead atoms. The maximum absolute atomic E-state index is 11.5. The van der Waals surface area contributed by atoms with E-state index >= 15 is 0 Å². The maximum Gasteiger partial charge on any atom is 0.220 e. The van der Waals surface area contributed by atoms with Gasteiger partial charge in [-0.2, -0.15) is 0 Å². The number of nitrogens with zero attached hydrogens (tertiary/aromatic N) is 5. The molecule has 2 aromatic rings. The van der Waals surface area contributed by atoms with E-state index in [2.05, 4.69) is 20.4 Å². The molecule has 1 aromatic carbocycles. The molecule has 1 aliphatic rings. The Morgan fingerprint density at radius 1 is 1.38 bits per heavy atom. The Kier molecular flexibility index (Phi) is 6.18. The lowest BCUT2D eigenvalue weighted by Gasteiger charge is -2.36. The number of tetrazole rings is 1. The highest BCUT2D eigenvalue weighted by Gasteiger charge is 2.33. The van der Waals surface area contributed by atoms with Gasteiger partial charge in [0.1, 0.15) is 0 Å². The minimum Gasteiger partial charge on any atom is -0.383 e. The van der Waals surface area contributed by atoms with E-state index in [0.29, 0.717) is 24.0 Å². The Morgan fingerprint density at radius 3 is 2.77 bits per heavy atom. The van der Waals surface area contributed by atoms with Crippen molar-refractivity contribution in [1.29, 1.82) is 0 Å². The monoisotopic (exact) mass is 378 g/mol. The van der Waals surface area contributed by atoms with E-state index < -0.39 is 0 Å². The number of aromatic nitrogens is 4. The second-order valence-corrected chi connectivity index (χ2v) is 6.80. The standard InChI is InChI=1S/C17H23ClN6O2/c1-26-11-10-24-17(20-21-22-24)15(13-4-2-3-5-14(13)18)23-8-6-12(7-9-23)16(19)25/h2-5,12,15H,6-11H2,1H3,(H2,19,25). The number of rotatable bonds is 7. The predicted octanol–water partition coefficient (Wildman–Crippen LogP) is 1.26. The first kappa shape index (κ1) is 18.8. The SMILES string of the molecule is COCCn1nnnc1C(c1ccccc1Cl)N1CCC(C(N)=O)CC1. The van der Waals surface area contributed by atoms with Crippen molar-refractivity contribution in [3.05, 3.63) is 40.7 Å². The van der Waals surface area contributed by atoms with Gasteiger partial charge < -0.3 is 10.5 Å². The smallest absolute Gasteiger partial charge is 0.220 e. The molecule has 3 rings (SSSR count). The van der Waals surface area contributed by atoms with Gasteiger partial charge >= 0.3 is 0 Å². The Hall–Kier alpha value is -2.03. The number of primary amides is 1. The van der Waals surface area contributed by atoms with Gasteiger partial charge in [0, 0.05) is 18.1 Å². The molecule has 1 amide bonds. The predicted molar refractivity (Wildman–Crippen MR) is 96.5 cm³/mol. The summed E-state index contributed by atoms with van der Waals surface area (Å²) in [5.41, 5.74) is 6.41. The number of likely N-dealkylation sites (tertiary alicyclic amines) is 1. The van der Waals surface area contributed by atoms with Crippen LogP contribution in [-0.4, -0.2) is 57.8 Å². The molecule has 1 atom stereocenters. The topological polar surface area (TPSA) is 99.2 Å². The van der Waals surface area contributed by atoms with Crippen molar-refractivity contribution in [3.63, 3.8) is 0 Å². The maximum atomic E-state index is 11.5. The number of amides is 1. The van der Waals surface area contributed by atoms with Crippen LogP contribution in [0.2, 0.25) is 5.02 Å². The summed E-state index contributed by atoms with van der Waals surface area (Å²) in [6, 6.07) is 7.51. The van der Waals surface area contributed by atoms with Crippen LogP contribution in [0.25, 0.3) is 0 Å². The zero-order valence-corrected chi connectivity index (χ0v) is 15.5. The molecule has 2 heterocycles. The fourth-order valence-corrected chi connectivity index (χ4v) is 3.62. The number of nitrogens with two attached hydrogens (primary N) is 1. The number of carbonyl (C=O) groups excluding carboxylic acids is 1. The summed E-state index contributed by atoms with van der Waals surface area (Å²) in [5.74, 6) is 0.402. The van der Waals surface area contributed by atoms with Gasteiger partial charge in [-0.3, -0.25) is 9.69 Å². The van der Waals surface area contributed by atoms with Crippen molar-refractivity contribution in [2.75, 3.05) is 26.8 Å². The second kappa shape index (κ2) is 8.57. The van der Waals surface area contributed by atoms with Crippen LogP contribution >= 0.6 is 11.6 Å². The third-order valence-corrected chi connectivity index (χ3v) is 5.15. The highest BCUT2D eigenvalue weighted by molar-refractivity contribution is 6.31. The fourth-order valence-electron chi connectivity index (χ4n) is 3.38. The average molecular weight is 379 g/mol. The van der Waals surface area contributed by atoms with Crippen LogP contribution in [0.15, 0.2) is 24.3 Å². The number of piperidine rings is 1.